The Bertz CT molecular complexity index is 703. The average molecular weight is 370 g/mol. The molecule has 5 heteroatoms. The summed E-state index contributed by atoms with van der Waals surface area (Å²) in [5, 5.41) is 0. The number of amides is 2. The fourth-order valence-corrected chi connectivity index (χ4v) is 4.94. The van der Waals surface area contributed by atoms with Gasteiger partial charge in [0.1, 0.15) is 0 Å². The molecule has 146 valence electrons. The first-order chi connectivity index (χ1) is 13.1. The Morgan fingerprint density at radius 2 is 1.59 bits per heavy atom. The normalized spacial score (nSPS) is 24.1. The van der Waals surface area contributed by atoms with Crippen molar-refractivity contribution in [2.24, 2.45) is 5.41 Å². The van der Waals surface area contributed by atoms with E-state index < -0.39 is 0 Å². The Hall–Kier alpha value is -1.72. The number of likely N-dealkylation sites (tertiary alicyclic amines) is 1. The number of nitrogens with zero attached hydrogens (tertiary/aromatic N) is 3. The Balaban J connectivity index is 1.31. The van der Waals surface area contributed by atoms with Crippen molar-refractivity contribution in [2.75, 3.05) is 32.8 Å². The summed E-state index contributed by atoms with van der Waals surface area (Å²) in [6.07, 6.45) is 5.62. The number of rotatable bonds is 4. The predicted octanol–water partition coefficient (Wildman–Crippen LogP) is 2.78. The molecular formula is C22H31N3O2. The summed E-state index contributed by atoms with van der Waals surface area (Å²) in [4.78, 5) is 31.8. The zero-order chi connectivity index (χ0) is 18.9. The largest absolute Gasteiger partial charge is 0.297 e. The predicted molar refractivity (Wildman–Crippen MR) is 105 cm³/mol. The van der Waals surface area contributed by atoms with Crippen LogP contribution in [0.5, 0.6) is 0 Å². The third kappa shape index (κ3) is 3.81. The minimum Gasteiger partial charge on any atom is -0.297 e. The molecule has 2 saturated heterocycles. The van der Waals surface area contributed by atoms with Gasteiger partial charge in [-0.05, 0) is 30.9 Å². The molecule has 1 saturated carbocycles. The molecule has 3 aliphatic rings. The molecule has 1 spiro atoms. The van der Waals surface area contributed by atoms with E-state index >= 15 is 0 Å². The van der Waals surface area contributed by atoms with Crippen LogP contribution in [0.1, 0.15) is 49.7 Å². The molecule has 2 aliphatic heterocycles. The highest BCUT2D eigenvalue weighted by atomic mass is 16.2. The zero-order valence-electron chi connectivity index (χ0n) is 16.5. The fourth-order valence-electron chi connectivity index (χ4n) is 4.94. The van der Waals surface area contributed by atoms with Gasteiger partial charge < -0.3 is 0 Å². The summed E-state index contributed by atoms with van der Waals surface area (Å²) in [7, 11) is 0. The molecule has 0 bridgehead atoms. The minimum atomic E-state index is -0.359. The number of carbonyl (C=O) groups excluding carboxylic acids is 2. The van der Waals surface area contributed by atoms with Gasteiger partial charge in [-0.2, -0.15) is 0 Å². The summed E-state index contributed by atoms with van der Waals surface area (Å²) in [5.74, 6) is 0.152. The van der Waals surface area contributed by atoms with Crippen molar-refractivity contribution in [3.8, 4) is 0 Å². The van der Waals surface area contributed by atoms with Crippen LogP contribution in [0.3, 0.4) is 0 Å². The van der Waals surface area contributed by atoms with Gasteiger partial charge in [0.15, 0.2) is 0 Å². The minimum absolute atomic E-state index is 0.0456. The number of benzene rings is 1. The molecule has 0 N–H and O–H groups in total. The van der Waals surface area contributed by atoms with E-state index in [4.69, 9.17) is 0 Å². The van der Waals surface area contributed by atoms with Crippen LogP contribution in [0.15, 0.2) is 24.3 Å². The van der Waals surface area contributed by atoms with E-state index in [0.29, 0.717) is 13.1 Å². The van der Waals surface area contributed by atoms with Crippen molar-refractivity contribution in [3.05, 3.63) is 35.4 Å². The number of hydrogen-bond acceptors (Lipinski definition) is 4. The van der Waals surface area contributed by atoms with Crippen LogP contribution in [0.4, 0.5) is 0 Å². The molecule has 27 heavy (non-hydrogen) atoms. The van der Waals surface area contributed by atoms with Crippen molar-refractivity contribution in [1.82, 2.24) is 14.7 Å². The van der Waals surface area contributed by atoms with Crippen LogP contribution < -0.4 is 0 Å². The highest BCUT2D eigenvalue weighted by Crippen LogP contribution is 2.45. The lowest BCUT2D eigenvalue weighted by molar-refractivity contribution is -0.145. The van der Waals surface area contributed by atoms with Gasteiger partial charge in [0.2, 0.25) is 11.8 Å². The second kappa shape index (κ2) is 7.72. The van der Waals surface area contributed by atoms with Gasteiger partial charge in [-0.1, -0.05) is 43.5 Å². The molecule has 0 radical (unpaired) electrons. The molecular weight excluding hydrogens is 338 g/mol. The summed E-state index contributed by atoms with van der Waals surface area (Å²) in [5.41, 5.74) is 2.36. The molecule has 0 atom stereocenters. The van der Waals surface area contributed by atoms with Gasteiger partial charge in [0.05, 0.1) is 12.1 Å². The fraction of sp³-hybridized carbons (Fsp3) is 0.636. The number of carbonyl (C=O) groups is 2. The van der Waals surface area contributed by atoms with E-state index in [1.54, 1.807) is 4.90 Å². The molecule has 1 aromatic rings. The lowest BCUT2D eigenvalue weighted by atomic mass is 9.73. The Morgan fingerprint density at radius 1 is 0.926 bits per heavy atom. The quantitative estimate of drug-likeness (QED) is 0.766. The van der Waals surface area contributed by atoms with Crippen molar-refractivity contribution in [1.29, 1.82) is 0 Å². The van der Waals surface area contributed by atoms with Crippen LogP contribution in [0, 0.1) is 12.3 Å². The first kappa shape index (κ1) is 18.6. The summed E-state index contributed by atoms with van der Waals surface area (Å²) >= 11 is 0. The van der Waals surface area contributed by atoms with Crippen LogP contribution in [0.2, 0.25) is 0 Å². The maximum Gasteiger partial charge on any atom is 0.237 e. The SMILES string of the molecule is Cc1ccccc1CN1CCN(CN2C(=O)CC3(CCCCC3)C2=O)CC1. The average Bonchev–Trinajstić information content (AvgIpc) is 2.90. The Morgan fingerprint density at radius 3 is 2.30 bits per heavy atom. The summed E-state index contributed by atoms with van der Waals surface area (Å²) < 4.78 is 0. The van der Waals surface area contributed by atoms with E-state index in [0.717, 1.165) is 58.4 Å². The van der Waals surface area contributed by atoms with E-state index in [1.165, 1.54) is 17.5 Å². The van der Waals surface area contributed by atoms with Crippen LogP contribution in [-0.4, -0.2) is 59.4 Å². The monoisotopic (exact) mass is 369 g/mol. The standard InChI is InChI=1S/C22H31N3O2/c1-18-7-3-4-8-19(18)16-23-11-13-24(14-12-23)17-25-20(26)15-22(21(25)27)9-5-2-6-10-22/h3-4,7-8H,2,5-6,9-17H2,1H3. The molecule has 0 unspecified atom stereocenters. The molecule has 1 aliphatic carbocycles. The van der Waals surface area contributed by atoms with E-state index in [1.807, 2.05) is 0 Å². The van der Waals surface area contributed by atoms with E-state index in [2.05, 4.69) is 41.0 Å². The number of imide groups is 1. The maximum atomic E-state index is 13.0. The second-order valence-corrected chi connectivity index (χ2v) is 8.61. The highest BCUT2D eigenvalue weighted by Gasteiger charge is 2.51. The number of piperazine rings is 1. The number of aryl methyl sites for hydroxylation is 1. The summed E-state index contributed by atoms with van der Waals surface area (Å²) in [6, 6.07) is 8.55. The lowest BCUT2D eigenvalue weighted by Gasteiger charge is -2.37. The molecule has 1 aromatic carbocycles. The summed E-state index contributed by atoms with van der Waals surface area (Å²) in [6.45, 7) is 7.41. The van der Waals surface area contributed by atoms with Gasteiger partial charge in [-0.25, -0.2) is 0 Å². The zero-order valence-corrected chi connectivity index (χ0v) is 16.5. The van der Waals surface area contributed by atoms with Crippen molar-refractivity contribution in [3.63, 3.8) is 0 Å². The van der Waals surface area contributed by atoms with Crippen molar-refractivity contribution < 1.29 is 9.59 Å². The van der Waals surface area contributed by atoms with Gasteiger partial charge in [-0.15, -0.1) is 0 Å². The van der Waals surface area contributed by atoms with Gasteiger partial charge >= 0.3 is 0 Å². The lowest BCUT2D eigenvalue weighted by Crippen LogP contribution is -2.51. The van der Waals surface area contributed by atoms with Crippen LogP contribution >= 0.6 is 0 Å². The first-order valence-corrected chi connectivity index (χ1v) is 10.4. The van der Waals surface area contributed by atoms with E-state index in [-0.39, 0.29) is 17.2 Å². The third-order valence-corrected chi connectivity index (χ3v) is 6.76. The smallest absolute Gasteiger partial charge is 0.237 e. The van der Waals surface area contributed by atoms with Crippen LogP contribution in [-0.2, 0) is 16.1 Å². The second-order valence-electron chi connectivity index (χ2n) is 8.61. The molecule has 2 heterocycles. The molecule has 3 fully saturated rings. The van der Waals surface area contributed by atoms with Crippen molar-refractivity contribution in [2.45, 2.75) is 52.0 Å². The van der Waals surface area contributed by atoms with Crippen molar-refractivity contribution >= 4 is 11.8 Å². The first-order valence-electron chi connectivity index (χ1n) is 10.4. The Kier molecular flexibility index (Phi) is 5.33. The van der Waals surface area contributed by atoms with Gasteiger partial charge in [-0.3, -0.25) is 24.3 Å². The molecule has 4 rings (SSSR count). The van der Waals surface area contributed by atoms with Crippen LogP contribution in [0.25, 0.3) is 0 Å². The Labute approximate surface area is 162 Å². The van der Waals surface area contributed by atoms with E-state index in [9.17, 15) is 9.59 Å². The maximum absolute atomic E-state index is 13.0. The molecule has 0 aromatic heterocycles. The molecule has 2 amide bonds. The molecule has 5 nitrogen and oxygen atoms in total. The third-order valence-electron chi connectivity index (χ3n) is 6.76. The number of hydrogen-bond donors (Lipinski definition) is 0. The van der Waals surface area contributed by atoms with Gasteiger partial charge in [0, 0.05) is 39.1 Å². The highest BCUT2D eigenvalue weighted by molar-refractivity contribution is 6.05. The van der Waals surface area contributed by atoms with Gasteiger partial charge in [0.25, 0.3) is 0 Å². The topological polar surface area (TPSA) is 43.9 Å².